The van der Waals surface area contributed by atoms with E-state index in [1.807, 2.05) is 24.3 Å². The molecule has 1 aromatic carbocycles. The number of H-pyrrole nitrogens is 1. The standard InChI is InChI=1S/C20H27N5O2/c1-4-24(5-2)12-8-11-23(3)18(26)14-25-20(27)19-16(13-21-25)15-9-6-7-10-17(15)22-19/h6-7,9-10,13,22H,4-5,8,11-12,14H2,1-3H3. The van der Waals surface area contributed by atoms with E-state index in [0.29, 0.717) is 12.1 Å². The van der Waals surface area contributed by atoms with E-state index in [-0.39, 0.29) is 18.0 Å². The number of aromatic nitrogens is 3. The maximum Gasteiger partial charge on any atom is 0.291 e. The van der Waals surface area contributed by atoms with Crippen molar-refractivity contribution in [3.63, 3.8) is 0 Å². The van der Waals surface area contributed by atoms with Crippen LogP contribution in [0.4, 0.5) is 0 Å². The van der Waals surface area contributed by atoms with Gasteiger partial charge in [0.05, 0.1) is 6.20 Å². The van der Waals surface area contributed by atoms with Gasteiger partial charge in [-0.1, -0.05) is 32.0 Å². The third-order valence-electron chi connectivity index (χ3n) is 5.09. The molecule has 0 aliphatic carbocycles. The summed E-state index contributed by atoms with van der Waals surface area (Å²) in [6.07, 6.45) is 2.57. The molecule has 0 spiro atoms. The predicted molar refractivity (Wildman–Crippen MR) is 108 cm³/mol. The Bertz CT molecular complexity index is 987. The Morgan fingerprint density at radius 2 is 1.89 bits per heavy atom. The molecule has 2 aromatic heterocycles. The van der Waals surface area contributed by atoms with Crippen molar-refractivity contribution in [3.8, 4) is 0 Å². The number of hydrogen-bond acceptors (Lipinski definition) is 4. The minimum Gasteiger partial charge on any atom is -0.350 e. The van der Waals surface area contributed by atoms with E-state index in [1.165, 1.54) is 4.68 Å². The number of nitrogens with one attached hydrogen (secondary N) is 1. The maximum atomic E-state index is 12.7. The first kappa shape index (κ1) is 19.1. The normalized spacial score (nSPS) is 11.6. The number of likely N-dealkylation sites (N-methyl/N-ethyl adjacent to an activating group) is 1. The highest BCUT2D eigenvalue weighted by Gasteiger charge is 2.15. The molecular weight excluding hydrogens is 342 g/mol. The van der Waals surface area contributed by atoms with Gasteiger partial charge in [-0.2, -0.15) is 5.10 Å². The third kappa shape index (κ3) is 4.03. The molecule has 0 fully saturated rings. The number of nitrogens with zero attached hydrogens (tertiary/aromatic N) is 4. The molecule has 2 heterocycles. The molecule has 3 aromatic rings. The number of aromatic amines is 1. The van der Waals surface area contributed by atoms with Crippen molar-refractivity contribution >= 4 is 27.7 Å². The number of carbonyl (C=O) groups is 1. The van der Waals surface area contributed by atoms with Gasteiger partial charge < -0.3 is 14.8 Å². The predicted octanol–water partition coefficient (Wildman–Crippen LogP) is 2.07. The molecule has 0 atom stereocenters. The summed E-state index contributed by atoms with van der Waals surface area (Å²) >= 11 is 0. The highest BCUT2D eigenvalue weighted by molar-refractivity contribution is 6.06. The summed E-state index contributed by atoms with van der Waals surface area (Å²) in [6, 6.07) is 7.72. The molecular formula is C20H27N5O2. The Kier molecular flexibility index (Phi) is 5.91. The Hall–Kier alpha value is -2.67. The van der Waals surface area contributed by atoms with Crippen LogP contribution in [0.1, 0.15) is 20.3 Å². The summed E-state index contributed by atoms with van der Waals surface area (Å²) < 4.78 is 1.24. The molecule has 0 bridgehead atoms. The van der Waals surface area contributed by atoms with Crippen molar-refractivity contribution in [1.29, 1.82) is 0 Å². The van der Waals surface area contributed by atoms with Crippen LogP contribution in [-0.2, 0) is 11.3 Å². The lowest BCUT2D eigenvalue weighted by atomic mass is 10.2. The molecule has 0 saturated carbocycles. The highest BCUT2D eigenvalue weighted by Crippen LogP contribution is 2.21. The molecule has 0 radical (unpaired) electrons. The smallest absolute Gasteiger partial charge is 0.291 e. The van der Waals surface area contributed by atoms with Crippen molar-refractivity contribution in [2.45, 2.75) is 26.8 Å². The average molecular weight is 369 g/mol. The Morgan fingerprint density at radius 1 is 1.15 bits per heavy atom. The van der Waals surface area contributed by atoms with Crippen LogP contribution in [0.15, 0.2) is 35.3 Å². The zero-order chi connectivity index (χ0) is 19.4. The van der Waals surface area contributed by atoms with Crippen molar-refractivity contribution in [1.82, 2.24) is 24.6 Å². The first-order valence-corrected chi connectivity index (χ1v) is 9.48. The number of rotatable bonds is 8. The van der Waals surface area contributed by atoms with Gasteiger partial charge in [0.15, 0.2) is 0 Å². The summed E-state index contributed by atoms with van der Waals surface area (Å²) in [7, 11) is 1.77. The maximum absolute atomic E-state index is 12.7. The number of fused-ring (bicyclic) bond motifs is 3. The van der Waals surface area contributed by atoms with Gasteiger partial charge in [-0.25, -0.2) is 4.68 Å². The van der Waals surface area contributed by atoms with E-state index < -0.39 is 0 Å². The van der Waals surface area contributed by atoms with Crippen LogP contribution in [0.3, 0.4) is 0 Å². The fourth-order valence-electron chi connectivity index (χ4n) is 3.33. The molecule has 0 aliphatic rings. The van der Waals surface area contributed by atoms with E-state index in [0.717, 1.165) is 42.3 Å². The zero-order valence-electron chi connectivity index (χ0n) is 16.2. The quantitative estimate of drug-likeness (QED) is 0.660. The van der Waals surface area contributed by atoms with Crippen molar-refractivity contribution in [2.75, 3.05) is 33.2 Å². The van der Waals surface area contributed by atoms with Crippen molar-refractivity contribution in [3.05, 3.63) is 40.8 Å². The van der Waals surface area contributed by atoms with E-state index in [1.54, 1.807) is 18.1 Å². The van der Waals surface area contributed by atoms with Crippen LogP contribution in [0.5, 0.6) is 0 Å². The minimum absolute atomic E-state index is 0.0497. The van der Waals surface area contributed by atoms with Gasteiger partial charge in [0.2, 0.25) is 5.91 Å². The second kappa shape index (κ2) is 8.35. The largest absolute Gasteiger partial charge is 0.350 e. The van der Waals surface area contributed by atoms with E-state index >= 15 is 0 Å². The lowest BCUT2D eigenvalue weighted by Crippen LogP contribution is -2.36. The Morgan fingerprint density at radius 3 is 2.63 bits per heavy atom. The van der Waals surface area contributed by atoms with Gasteiger partial charge in [0.1, 0.15) is 12.1 Å². The molecule has 27 heavy (non-hydrogen) atoms. The van der Waals surface area contributed by atoms with Crippen LogP contribution in [-0.4, -0.2) is 63.7 Å². The SMILES string of the molecule is CCN(CC)CCCN(C)C(=O)Cn1ncc2c([nH]c3ccccc32)c1=O. The van der Waals surface area contributed by atoms with Gasteiger partial charge >= 0.3 is 0 Å². The second-order valence-corrected chi connectivity index (χ2v) is 6.76. The van der Waals surface area contributed by atoms with Gasteiger partial charge in [-0.3, -0.25) is 9.59 Å². The third-order valence-corrected chi connectivity index (χ3v) is 5.09. The van der Waals surface area contributed by atoms with Gasteiger partial charge in [-0.05, 0) is 32.1 Å². The molecule has 3 rings (SSSR count). The summed E-state index contributed by atoms with van der Waals surface area (Å²) in [6.45, 7) is 7.87. The molecule has 1 N–H and O–H groups in total. The molecule has 0 unspecified atom stereocenters. The molecule has 7 heteroatoms. The van der Waals surface area contributed by atoms with Crippen LogP contribution < -0.4 is 5.56 Å². The summed E-state index contributed by atoms with van der Waals surface area (Å²) in [4.78, 5) is 32.4. The Balaban J connectivity index is 1.70. The topological polar surface area (TPSA) is 74.2 Å². The van der Waals surface area contributed by atoms with E-state index in [2.05, 4.69) is 28.8 Å². The van der Waals surface area contributed by atoms with Crippen LogP contribution in [0.25, 0.3) is 21.8 Å². The first-order chi connectivity index (χ1) is 13.0. The van der Waals surface area contributed by atoms with Gasteiger partial charge in [0, 0.05) is 29.9 Å². The minimum atomic E-state index is -0.270. The lowest BCUT2D eigenvalue weighted by molar-refractivity contribution is -0.130. The molecule has 1 amide bonds. The molecule has 0 aliphatic heterocycles. The second-order valence-electron chi connectivity index (χ2n) is 6.76. The number of hydrogen-bond donors (Lipinski definition) is 1. The molecule has 0 saturated heterocycles. The van der Waals surface area contributed by atoms with Crippen molar-refractivity contribution in [2.24, 2.45) is 0 Å². The van der Waals surface area contributed by atoms with Gasteiger partial charge in [-0.15, -0.1) is 0 Å². The molecule has 7 nitrogen and oxygen atoms in total. The number of para-hydroxylation sites is 1. The number of amides is 1. The summed E-state index contributed by atoms with van der Waals surface area (Å²) in [5, 5.41) is 5.96. The zero-order valence-corrected chi connectivity index (χ0v) is 16.2. The lowest BCUT2D eigenvalue weighted by Gasteiger charge is -2.21. The van der Waals surface area contributed by atoms with Crippen LogP contribution in [0.2, 0.25) is 0 Å². The highest BCUT2D eigenvalue weighted by atomic mass is 16.2. The average Bonchev–Trinajstić information content (AvgIpc) is 3.06. The van der Waals surface area contributed by atoms with Crippen LogP contribution in [0, 0.1) is 0 Å². The number of carbonyl (C=O) groups excluding carboxylic acids is 1. The van der Waals surface area contributed by atoms with E-state index in [9.17, 15) is 9.59 Å². The molecule has 144 valence electrons. The monoisotopic (exact) mass is 369 g/mol. The summed E-state index contributed by atoms with van der Waals surface area (Å²) in [5.41, 5.74) is 1.11. The van der Waals surface area contributed by atoms with Crippen LogP contribution >= 0.6 is 0 Å². The van der Waals surface area contributed by atoms with E-state index in [4.69, 9.17) is 0 Å². The Labute approximate surface area is 158 Å². The van der Waals surface area contributed by atoms with Gasteiger partial charge in [0.25, 0.3) is 5.56 Å². The fraction of sp³-hybridized carbons (Fsp3) is 0.450. The fourth-order valence-corrected chi connectivity index (χ4v) is 3.33. The first-order valence-electron chi connectivity index (χ1n) is 9.48. The number of benzene rings is 1. The summed E-state index contributed by atoms with van der Waals surface area (Å²) in [5.74, 6) is -0.111. The van der Waals surface area contributed by atoms with Crippen molar-refractivity contribution < 1.29 is 4.79 Å².